The van der Waals surface area contributed by atoms with Gasteiger partial charge in [-0.05, 0) is 0 Å². The van der Waals surface area contributed by atoms with Gasteiger partial charge >= 0.3 is 0 Å². The van der Waals surface area contributed by atoms with Crippen LogP contribution < -0.4 is 5.14 Å². The minimum absolute atomic E-state index is 0.611. The van der Waals surface area contributed by atoms with Gasteiger partial charge in [0, 0.05) is 0 Å². The van der Waals surface area contributed by atoms with Gasteiger partial charge in [0.1, 0.15) is 0 Å². The minimum atomic E-state index is -1.31. The molecule has 0 radical (unpaired) electrons. The Bertz CT molecular complexity index is 144. The molecule has 0 aromatic carbocycles. The average molecular weight is 118 g/mol. The van der Waals surface area contributed by atoms with Gasteiger partial charge in [-0.1, -0.05) is 13.0 Å². The van der Waals surface area contributed by atoms with Crippen molar-refractivity contribution in [1.29, 1.82) is 0 Å². The van der Waals surface area contributed by atoms with Gasteiger partial charge in [0.15, 0.2) is 0 Å². The Morgan fingerprint density at radius 2 is 2.43 bits per heavy atom. The first-order valence-corrected chi connectivity index (χ1v) is 3.02. The van der Waals surface area contributed by atoms with Gasteiger partial charge in [0.2, 0.25) is 0 Å². The molecule has 3 heteroatoms. The van der Waals surface area contributed by atoms with E-state index in [0.29, 0.717) is 4.86 Å². The Morgan fingerprint density at radius 3 is 2.43 bits per heavy atom. The van der Waals surface area contributed by atoms with Crippen molar-refractivity contribution < 1.29 is 4.21 Å². The summed E-state index contributed by atoms with van der Waals surface area (Å²) in [5, 5.41) is 4.91. The Morgan fingerprint density at radius 1 is 2.00 bits per heavy atom. The topological polar surface area (TPSA) is 43.1 Å². The van der Waals surface area contributed by atoms with E-state index in [2.05, 4.69) is 6.58 Å². The van der Waals surface area contributed by atoms with Gasteiger partial charge in [0.05, 0.1) is 0 Å². The maximum Gasteiger partial charge on any atom is -0.0610 e. The monoisotopic (exact) mass is 118 g/mol. The van der Waals surface area contributed by atoms with Gasteiger partial charge in [-0.2, -0.15) is 0 Å². The van der Waals surface area contributed by atoms with Crippen LogP contribution in [0.15, 0.2) is 12.7 Å². The number of rotatable bonds is 1. The van der Waals surface area contributed by atoms with Crippen LogP contribution in [0.2, 0.25) is 0 Å². The average Bonchev–Trinajstić information content (AvgIpc) is 1.65. The lowest BCUT2D eigenvalue weighted by molar-refractivity contribution is 0.604. The molecule has 0 fully saturated rings. The van der Waals surface area contributed by atoms with E-state index < -0.39 is 10.6 Å². The quantitative estimate of drug-likeness (QED) is 0.298. The highest BCUT2D eigenvalue weighted by Gasteiger charge is 1.62. The van der Waals surface area contributed by atoms with Crippen LogP contribution in [0.5, 0.6) is 0 Å². The molecule has 0 spiro atoms. The largest absolute Gasteiger partial charge is 0.447 e. The molecule has 0 saturated heterocycles. The molecule has 0 bridgehead atoms. The van der Waals surface area contributed by atoms with E-state index in [9.17, 15) is 4.21 Å². The lowest BCUT2D eigenvalue weighted by Gasteiger charge is -1.95. The molecule has 2 N–H and O–H groups in total. The molecule has 7 heavy (non-hydrogen) atoms. The summed E-state index contributed by atoms with van der Waals surface area (Å²) in [6.07, 6.45) is 1.48. The van der Waals surface area contributed by atoms with E-state index in [0.717, 1.165) is 0 Å². The number of allylic oxidation sites excluding steroid dienone is 1. The summed E-state index contributed by atoms with van der Waals surface area (Å²) < 4.78 is 10.2. The molecule has 0 atom stereocenters. The Hall–Kier alpha value is -0.280. The van der Waals surface area contributed by atoms with Crippen molar-refractivity contribution in [2.24, 2.45) is 5.14 Å². The second kappa shape index (κ2) is 2.82. The molecule has 0 aromatic rings. The van der Waals surface area contributed by atoms with Crippen LogP contribution in [0.4, 0.5) is 0 Å². The molecule has 0 aliphatic heterocycles. The Balaban J connectivity index is 4.30. The molecule has 0 aromatic heterocycles. The zero-order valence-electron chi connectivity index (χ0n) is 4.18. The van der Waals surface area contributed by atoms with Crippen molar-refractivity contribution in [3.05, 3.63) is 12.7 Å². The van der Waals surface area contributed by atoms with Crippen molar-refractivity contribution in [3.8, 4) is 0 Å². The first-order valence-electron chi connectivity index (χ1n) is 1.80. The fraction of sp³-hybridized carbons (Fsp3) is 0.250. The predicted octanol–water partition coefficient (Wildman–Crippen LogP) is 0.202. The summed E-state index contributed by atoms with van der Waals surface area (Å²) >= 11 is 0. The number of nitrogens with two attached hydrogens (primary N) is 1. The maximum atomic E-state index is 10.2. The van der Waals surface area contributed by atoms with E-state index in [4.69, 9.17) is 5.14 Å². The fourth-order valence-electron chi connectivity index (χ4n) is 0.0821. The summed E-state index contributed by atoms with van der Waals surface area (Å²) in [5.41, 5.74) is 0. The molecule has 0 aliphatic rings. The van der Waals surface area contributed by atoms with E-state index >= 15 is 0 Å². The van der Waals surface area contributed by atoms with Crippen LogP contribution in [0.25, 0.3) is 0 Å². The normalized spacial score (nSPS) is 15.4. The van der Waals surface area contributed by atoms with E-state index in [1.807, 2.05) is 0 Å². The predicted molar refractivity (Wildman–Crippen MR) is 33.1 cm³/mol. The number of hydrogen-bond acceptors (Lipinski definition) is 2. The second-order valence-electron chi connectivity index (χ2n) is 1.11. The molecular formula is C4H8NOS-. The third-order valence-corrected chi connectivity index (χ3v) is 1.41. The van der Waals surface area contributed by atoms with Gasteiger partial charge in [-0.25, -0.2) is 10.6 Å². The minimum Gasteiger partial charge on any atom is -0.447 e. The van der Waals surface area contributed by atoms with Crippen LogP contribution >= 0.6 is 0 Å². The van der Waals surface area contributed by atoms with Gasteiger partial charge in [0.25, 0.3) is 0 Å². The standard InChI is InChI=1S/C4H8NOS/c1-3-4(2)7(5)6/h3H,1H2,2H3,(H2,5,6)/q-1. The lowest BCUT2D eigenvalue weighted by atomic mass is 10.5. The van der Waals surface area contributed by atoms with Gasteiger partial charge < -0.3 is 9.35 Å². The molecule has 42 valence electrons. The molecule has 0 heterocycles. The molecule has 0 saturated carbocycles. The van der Waals surface area contributed by atoms with Crippen LogP contribution in [0, 0.1) is 0 Å². The summed E-state index contributed by atoms with van der Waals surface area (Å²) in [7, 11) is -1.31. The third kappa shape index (κ3) is 2.42. The summed E-state index contributed by atoms with van der Waals surface area (Å²) in [6, 6.07) is 0. The molecular weight excluding hydrogens is 110 g/mol. The smallest absolute Gasteiger partial charge is 0.0610 e. The third-order valence-electron chi connectivity index (χ3n) is 0.605. The molecule has 0 amide bonds. The molecule has 2 nitrogen and oxygen atoms in total. The van der Waals surface area contributed by atoms with Crippen molar-refractivity contribution in [2.45, 2.75) is 6.92 Å². The van der Waals surface area contributed by atoms with Gasteiger partial charge in [-0.3, -0.25) is 0 Å². The molecule has 0 rings (SSSR count). The zero-order valence-corrected chi connectivity index (χ0v) is 4.99. The maximum absolute atomic E-state index is 10.2. The van der Waals surface area contributed by atoms with Crippen LogP contribution in [0.1, 0.15) is 6.92 Å². The Labute approximate surface area is 45.2 Å². The van der Waals surface area contributed by atoms with E-state index in [1.165, 1.54) is 6.08 Å². The first kappa shape index (κ1) is 6.72. The summed E-state index contributed by atoms with van der Waals surface area (Å²) in [5.74, 6) is 0. The van der Waals surface area contributed by atoms with Crippen molar-refractivity contribution in [3.63, 3.8) is 0 Å². The van der Waals surface area contributed by atoms with E-state index in [1.54, 1.807) is 6.92 Å². The van der Waals surface area contributed by atoms with Crippen LogP contribution in [0.3, 0.4) is 0 Å². The summed E-state index contributed by atoms with van der Waals surface area (Å²) in [4.78, 5) is 0.611. The second-order valence-corrected chi connectivity index (χ2v) is 2.35. The molecule has 0 aliphatic carbocycles. The van der Waals surface area contributed by atoms with Gasteiger partial charge in [-0.15, -0.1) is 11.4 Å². The summed E-state index contributed by atoms with van der Waals surface area (Å²) in [6.45, 7) is 5.04. The Kier molecular flexibility index (Phi) is 2.71. The van der Waals surface area contributed by atoms with Crippen molar-refractivity contribution in [2.75, 3.05) is 0 Å². The highest BCUT2D eigenvalue weighted by Crippen LogP contribution is 1.69. The molecule has 0 unspecified atom stereocenters. The zero-order chi connectivity index (χ0) is 5.86. The van der Waals surface area contributed by atoms with Crippen molar-refractivity contribution >= 4 is 15.4 Å². The lowest BCUT2D eigenvalue weighted by Crippen LogP contribution is -1.99. The highest BCUT2D eigenvalue weighted by atomic mass is 32.2. The van der Waals surface area contributed by atoms with Crippen LogP contribution in [-0.2, 0) is 14.8 Å². The first-order chi connectivity index (χ1) is 3.18. The van der Waals surface area contributed by atoms with Crippen molar-refractivity contribution in [1.82, 2.24) is 0 Å². The SMILES string of the molecule is C=CC(C)=[S-](N)=O. The van der Waals surface area contributed by atoms with E-state index in [-0.39, 0.29) is 0 Å². The van der Waals surface area contributed by atoms with Crippen LogP contribution in [-0.4, -0.2) is 4.86 Å². The highest BCUT2D eigenvalue weighted by molar-refractivity contribution is 7.82. The fourth-order valence-corrected chi connectivity index (χ4v) is 0.246. The number of hydrogen-bond donors (Lipinski definition) is 1.